The molecule has 1 aliphatic heterocycles. The zero-order chi connectivity index (χ0) is 23.4. The Kier molecular flexibility index (Phi) is 6.96. The number of piperazine rings is 1. The lowest BCUT2D eigenvalue weighted by Crippen LogP contribution is -2.49. The summed E-state index contributed by atoms with van der Waals surface area (Å²) in [4.78, 5) is 41.8. The van der Waals surface area contributed by atoms with Gasteiger partial charge >= 0.3 is 0 Å². The summed E-state index contributed by atoms with van der Waals surface area (Å²) in [6, 6.07) is 15.3. The number of rotatable bonds is 5. The smallest absolute Gasteiger partial charge is 0.256 e. The minimum atomic E-state index is -1.18. The molecular formula is C26H30N3O4-. The van der Waals surface area contributed by atoms with Gasteiger partial charge in [-0.2, -0.15) is 0 Å². The molecule has 1 saturated carbocycles. The summed E-state index contributed by atoms with van der Waals surface area (Å²) >= 11 is 0. The molecule has 1 heterocycles. The molecule has 2 aromatic rings. The summed E-state index contributed by atoms with van der Waals surface area (Å²) in [5.74, 6) is -3.07. The molecule has 2 atom stereocenters. The highest BCUT2D eigenvalue weighted by Crippen LogP contribution is 2.31. The number of carbonyl (C=O) groups excluding carboxylic acids is 3. The van der Waals surface area contributed by atoms with Crippen molar-refractivity contribution in [3.63, 3.8) is 0 Å². The summed E-state index contributed by atoms with van der Waals surface area (Å²) < 4.78 is 0. The molecule has 174 valence electrons. The largest absolute Gasteiger partial charge is 0.550 e. The number of hydrogen-bond donors (Lipinski definition) is 1. The van der Waals surface area contributed by atoms with Gasteiger partial charge in [0.25, 0.3) is 5.91 Å². The zero-order valence-electron chi connectivity index (χ0n) is 19.0. The van der Waals surface area contributed by atoms with Crippen LogP contribution in [-0.2, 0) is 9.59 Å². The van der Waals surface area contributed by atoms with Crippen molar-refractivity contribution in [3.05, 3.63) is 59.7 Å². The van der Waals surface area contributed by atoms with Gasteiger partial charge in [0.05, 0.1) is 11.3 Å². The van der Waals surface area contributed by atoms with Crippen molar-refractivity contribution in [3.8, 4) is 0 Å². The van der Waals surface area contributed by atoms with Crippen LogP contribution in [0.2, 0.25) is 0 Å². The van der Waals surface area contributed by atoms with Crippen molar-refractivity contribution in [2.24, 2.45) is 11.8 Å². The van der Waals surface area contributed by atoms with E-state index in [9.17, 15) is 19.5 Å². The summed E-state index contributed by atoms with van der Waals surface area (Å²) in [6.45, 7) is 4.71. The first-order valence-electron chi connectivity index (χ1n) is 11.7. The predicted octanol–water partition coefficient (Wildman–Crippen LogP) is 2.45. The van der Waals surface area contributed by atoms with E-state index in [1.807, 2.05) is 11.0 Å². The molecule has 33 heavy (non-hydrogen) atoms. The fraction of sp³-hybridized carbons (Fsp3) is 0.423. The molecule has 2 fully saturated rings. The van der Waals surface area contributed by atoms with Gasteiger partial charge in [-0.15, -0.1) is 0 Å². The normalized spacial score (nSPS) is 20.9. The average molecular weight is 449 g/mol. The molecule has 4 rings (SSSR count). The van der Waals surface area contributed by atoms with Gasteiger partial charge in [-0.05, 0) is 49.6 Å². The molecule has 2 aliphatic rings. The van der Waals surface area contributed by atoms with Crippen molar-refractivity contribution < 1.29 is 19.5 Å². The van der Waals surface area contributed by atoms with Gasteiger partial charge in [0.1, 0.15) is 0 Å². The lowest BCUT2D eigenvalue weighted by atomic mass is 9.78. The first-order valence-corrected chi connectivity index (χ1v) is 11.7. The van der Waals surface area contributed by atoms with Crippen molar-refractivity contribution in [2.75, 3.05) is 36.4 Å². The van der Waals surface area contributed by atoms with E-state index in [2.05, 4.69) is 35.3 Å². The molecule has 0 unspecified atom stereocenters. The topological polar surface area (TPSA) is 92.8 Å². The Bertz CT molecular complexity index is 1030. The lowest BCUT2D eigenvalue weighted by Gasteiger charge is -2.36. The van der Waals surface area contributed by atoms with E-state index in [0.717, 1.165) is 31.6 Å². The highest BCUT2D eigenvalue weighted by Gasteiger charge is 2.32. The lowest BCUT2D eigenvalue weighted by molar-refractivity contribution is -0.313. The predicted molar refractivity (Wildman–Crippen MR) is 125 cm³/mol. The number of nitrogens with zero attached hydrogens (tertiary/aromatic N) is 2. The first-order chi connectivity index (χ1) is 15.9. The van der Waals surface area contributed by atoms with Crippen LogP contribution in [0.5, 0.6) is 0 Å². The van der Waals surface area contributed by atoms with Gasteiger partial charge in [-0.25, -0.2) is 0 Å². The molecule has 0 aromatic heterocycles. The minimum absolute atomic E-state index is 0.130. The molecule has 1 saturated heterocycles. The second-order valence-corrected chi connectivity index (χ2v) is 8.97. The maximum Gasteiger partial charge on any atom is 0.256 e. The summed E-state index contributed by atoms with van der Waals surface area (Å²) in [7, 11) is 0. The zero-order valence-corrected chi connectivity index (χ0v) is 19.0. The highest BCUT2D eigenvalue weighted by molar-refractivity contribution is 6.04. The molecule has 0 bridgehead atoms. The van der Waals surface area contributed by atoms with Crippen LogP contribution in [-0.4, -0.2) is 48.9 Å². The Balaban J connectivity index is 1.43. The SMILES string of the molecule is Cc1cccc(N2CCN(C(=O)c3ccccc3NC(=O)[C@H]3CCCC[C@H]3C(=O)[O-])CC2)c1. The molecule has 7 heteroatoms. The van der Waals surface area contributed by atoms with Crippen molar-refractivity contribution in [1.29, 1.82) is 0 Å². The van der Waals surface area contributed by atoms with Crippen LogP contribution in [0.4, 0.5) is 11.4 Å². The Morgan fingerprint density at radius 2 is 1.61 bits per heavy atom. The van der Waals surface area contributed by atoms with Crippen LogP contribution < -0.4 is 15.3 Å². The molecule has 1 N–H and O–H groups in total. The minimum Gasteiger partial charge on any atom is -0.550 e. The third-order valence-electron chi connectivity index (χ3n) is 6.75. The van der Waals surface area contributed by atoms with Crippen molar-refractivity contribution in [1.82, 2.24) is 4.90 Å². The van der Waals surface area contributed by atoms with Gasteiger partial charge < -0.3 is 25.0 Å². The molecule has 0 radical (unpaired) electrons. The molecule has 7 nitrogen and oxygen atoms in total. The Morgan fingerprint density at radius 3 is 2.30 bits per heavy atom. The fourth-order valence-corrected chi connectivity index (χ4v) is 4.89. The van der Waals surface area contributed by atoms with Crippen molar-refractivity contribution in [2.45, 2.75) is 32.6 Å². The molecule has 0 spiro atoms. The first kappa shape index (κ1) is 22.8. The van der Waals surface area contributed by atoms with E-state index in [4.69, 9.17) is 0 Å². The summed E-state index contributed by atoms with van der Waals surface area (Å²) in [6.07, 6.45) is 2.56. The molecule has 2 amide bonds. The average Bonchev–Trinajstić information content (AvgIpc) is 2.84. The number of hydrogen-bond acceptors (Lipinski definition) is 5. The number of benzene rings is 2. The molecular weight excluding hydrogens is 418 g/mol. The van der Waals surface area contributed by atoms with Crippen LogP contribution in [0.3, 0.4) is 0 Å². The second kappa shape index (κ2) is 10.1. The van der Waals surface area contributed by atoms with Crippen molar-refractivity contribution >= 4 is 29.2 Å². The third-order valence-corrected chi connectivity index (χ3v) is 6.75. The summed E-state index contributed by atoms with van der Waals surface area (Å²) in [5, 5.41) is 14.3. The number of amides is 2. The number of anilines is 2. The Morgan fingerprint density at radius 1 is 0.909 bits per heavy atom. The van der Waals surface area contributed by atoms with E-state index in [0.29, 0.717) is 37.2 Å². The standard InChI is InChI=1S/C26H31N3O4/c1-18-7-6-8-19(17-18)28-13-15-29(16-14-28)25(31)22-11-4-5-12-23(22)27-24(30)20-9-2-3-10-21(20)26(32)33/h4-8,11-12,17,20-21H,2-3,9-10,13-16H2,1H3,(H,27,30)(H,32,33)/p-1/t20-,21+/m0/s1. The molecule has 1 aliphatic carbocycles. The third kappa shape index (κ3) is 5.18. The maximum atomic E-state index is 13.3. The van der Waals surface area contributed by atoms with Gasteiger partial charge in [0, 0.05) is 49.7 Å². The van der Waals surface area contributed by atoms with E-state index in [1.54, 1.807) is 24.3 Å². The van der Waals surface area contributed by atoms with E-state index in [1.165, 1.54) is 5.56 Å². The number of aliphatic carboxylic acids is 1. The van der Waals surface area contributed by atoms with Gasteiger partial charge in [-0.1, -0.05) is 37.1 Å². The Labute approximate surface area is 194 Å². The number of carbonyl (C=O) groups is 3. The molecule has 2 aromatic carbocycles. The van der Waals surface area contributed by atoms with E-state index >= 15 is 0 Å². The van der Waals surface area contributed by atoms with Crippen LogP contribution in [0.1, 0.15) is 41.6 Å². The monoisotopic (exact) mass is 448 g/mol. The van der Waals surface area contributed by atoms with Crippen LogP contribution >= 0.6 is 0 Å². The second-order valence-electron chi connectivity index (χ2n) is 8.97. The fourth-order valence-electron chi connectivity index (χ4n) is 4.89. The van der Waals surface area contributed by atoms with Gasteiger partial charge in [-0.3, -0.25) is 9.59 Å². The number of carboxylic acid groups (broad SMARTS) is 1. The highest BCUT2D eigenvalue weighted by atomic mass is 16.4. The van der Waals surface area contributed by atoms with Gasteiger partial charge in [0.2, 0.25) is 5.91 Å². The van der Waals surface area contributed by atoms with Crippen LogP contribution in [0.25, 0.3) is 0 Å². The quantitative estimate of drug-likeness (QED) is 0.759. The van der Waals surface area contributed by atoms with E-state index < -0.39 is 17.8 Å². The van der Waals surface area contributed by atoms with E-state index in [-0.39, 0.29) is 11.8 Å². The maximum absolute atomic E-state index is 13.3. The van der Waals surface area contributed by atoms with Gasteiger partial charge in [0.15, 0.2) is 0 Å². The number of carboxylic acids is 1. The van der Waals surface area contributed by atoms with Crippen LogP contribution in [0.15, 0.2) is 48.5 Å². The number of nitrogens with one attached hydrogen (secondary N) is 1. The Hall–Kier alpha value is -3.35. The summed E-state index contributed by atoms with van der Waals surface area (Å²) in [5.41, 5.74) is 3.21. The number of para-hydroxylation sites is 1. The number of aryl methyl sites for hydroxylation is 1. The van der Waals surface area contributed by atoms with Crippen LogP contribution in [0, 0.1) is 18.8 Å².